The summed E-state index contributed by atoms with van der Waals surface area (Å²) < 4.78 is 1.75. The number of H-pyrrole nitrogens is 1. The summed E-state index contributed by atoms with van der Waals surface area (Å²) in [6, 6.07) is 32.0. The first-order valence-electron chi connectivity index (χ1n) is 13.5. The molecule has 1 N–H and O–H groups in total. The lowest BCUT2D eigenvalue weighted by Crippen LogP contribution is -2.14. The first-order chi connectivity index (χ1) is 19.4. The van der Waals surface area contributed by atoms with Gasteiger partial charge in [-0.05, 0) is 40.5 Å². The summed E-state index contributed by atoms with van der Waals surface area (Å²) in [6.07, 6.45) is 5.33. The van der Waals surface area contributed by atoms with Crippen LogP contribution in [0.3, 0.4) is 0 Å². The molecule has 0 saturated carbocycles. The minimum atomic E-state index is 0.0669. The number of allylic oxidation sites excluding steroid dienone is 4. The monoisotopic (exact) mass is 520 g/mol. The second-order valence-corrected chi connectivity index (χ2v) is 10.6. The number of hydrogen-bond donors (Lipinski definition) is 1. The summed E-state index contributed by atoms with van der Waals surface area (Å²) in [5.74, 6) is 1.49. The molecular weight excluding hydrogens is 488 g/mol. The number of aryl methyl sites for hydroxylation is 1. The van der Waals surface area contributed by atoms with Crippen molar-refractivity contribution in [3.63, 3.8) is 0 Å². The minimum Gasteiger partial charge on any atom is -0.355 e. The molecule has 7 rings (SSSR count). The molecule has 4 heteroatoms. The van der Waals surface area contributed by atoms with E-state index < -0.39 is 0 Å². The van der Waals surface area contributed by atoms with Crippen molar-refractivity contribution in [3.8, 4) is 22.5 Å². The third-order valence-corrected chi connectivity index (χ3v) is 7.78. The van der Waals surface area contributed by atoms with Gasteiger partial charge in [-0.15, -0.1) is 0 Å². The lowest BCUT2D eigenvalue weighted by atomic mass is 9.82. The van der Waals surface area contributed by atoms with Gasteiger partial charge in [0.2, 0.25) is 0 Å². The predicted octanol–water partition coefficient (Wildman–Crippen LogP) is 8.86. The molecule has 40 heavy (non-hydrogen) atoms. The van der Waals surface area contributed by atoms with Crippen molar-refractivity contribution in [2.75, 3.05) is 0 Å². The van der Waals surface area contributed by atoms with Crippen LogP contribution in [0.2, 0.25) is 0 Å². The van der Waals surface area contributed by atoms with Crippen molar-refractivity contribution in [2.45, 2.75) is 19.3 Å². The van der Waals surface area contributed by atoms with Crippen LogP contribution in [-0.2, 0) is 12.5 Å². The van der Waals surface area contributed by atoms with E-state index in [1.54, 1.807) is 16.8 Å². The van der Waals surface area contributed by atoms with E-state index in [1.807, 2.05) is 43.5 Å². The van der Waals surface area contributed by atoms with E-state index in [1.165, 1.54) is 44.1 Å². The summed E-state index contributed by atoms with van der Waals surface area (Å²) in [7, 11) is 1.87. The van der Waals surface area contributed by atoms with Crippen molar-refractivity contribution in [1.82, 2.24) is 19.7 Å². The molecule has 0 fully saturated rings. The molecule has 0 amide bonds. The molecule has 0 atom stereocenters. The summed E-state index contributed by atoms with van der Waals surface area (Å²) in [5.41, 5.74) is 10.1. The molecule has 196 valence electrons. The summed E-state index contributed by atoms with van der Waals surface area (Å²) >= 11 is 0. The highest BCUT2D eigenvalue weighted by atomic mass is 15.3. The van der Waals surface area contributed by atoms with Crippen LogP contribution in [0.1, 0.15) is 30.8 Å². The van der Waals surface area contributed by atoms with Crippen LogP contribution in [0.15, 0.2) is 122 Å². The Balaban J connectivity index is 0.000000148. The molecule has 2 heterocycles. The zero-order valence-corrected chi connectivity index (χ0v) is 23.1. The number of fused-ring (bicyclic) bond motifs is 6. The van der Waals surface area contributed by atoms with Crippen LogP contribution in [0, 0.1) is 0 Å². The summed E-state index contributed by atoms with van der Waals surface area (Å²) in [5, 5.41) is 7.04. The van der Waals surface area contributed by atoms with Crippen molar-refractivity contribution in [3.05, 3.63) is 139 Å². The Morgan fingerprint density at radius 3 is 2.30 bits per heavy atom. The molecule has 0 aliphatic heterocycles. The van der Waals surface area contributed by atoms with Gasteiger partial charge >= 0.3 is 0 Å². The van der Waals surface area contributed by atoms with Gasteiger partial charge in [0.15, 0.2) is 11.6 Å². The van der Waals surface area contributed by atoms with Crippen molar-refractivity contribution in [1.29, 1.82) is 0 Å². The lowest BCUT2D eigenvalue weighted by molar-refractivity contribution is 0.661. The highest BCUT2D eigenvalue weighted by molar-refractivity contribution is 6.09. The molecule has 0 spiro atoms. The number of nitrogens with zero attached hydrogens (tertiary/aromatic N) is 3. The van der Waals surface area contributed by atoms with E-state index in [9.17, 15) is 0 Å². The number of nitrogens with one attached hydrogen (secondary N) is 1. The SMILES string of the molecule is C=C/C=C(\C=C)c1nc(-c2ccccc2)nn1C.CC1(C)c2ccccc2-c2cc3c(cc21)[nH]c1ccccc13. The molecule has 0 bridgehead atoms. The standard InChI is InChI=1S/C21H17N.C15H15N3/c1-21(2)17-9-5-3-7-13(17)15-11-16-14-8-4-6-10-19(14)22-20(16)12-18(15)21;1-4-9-12(5-2)15-16-14(17-18(15)3)13-10-7-6-8-11-13/h3-12,22H,1-2H3;4-11H,1-2H2,3H3/b;12-9+. The fourth-order valence-electron chi connectivity index (χ4n) is 5.75. The fraction of sp³-hybridized carbons (Fsp3) is 0.111. The zero-order chi connectivity index (χ0) is 27.9. The van der Waals surface area contributed by atoms with Gasteiger partial charge in [-0.2, -0.15) is 5.10 Å². The topological polar surface area (TPSA) is 46.5 Å². The van der Waals surface area contributed by atoms with Crippen LogP contribution in [-0.4, -0.2) is 19.7 Å². The van der Waals surface area contributed by atoms with Crippen molar-refractivity contribution in [2.24, 2.45) is 7.05 Å². The molecule has 1 aliphatic rings. The highest BCUT2D eigenvalue weighted by Crippen LogP contribution is 2.50. The molecule has 1 aliphatic carbocycles. The van der Waals surface area contributed by atoms with Gasteiger partial charge < -0.3 is 4.98 Å². The van der Waals surface area contributed by atoms with Crippen LogP contribution in [0.25, 0.3) is 49.9 Å². The number of rotatable bonds is 4. The van der Waals surface area contributed by atoms with Gasteiger partial charge in [0.25, 0.3) is 0 Å². The number of para-hydroxylation sites is 1. The van der Waals surface area contributed by atoms with E-state index in [2.05, 4.69) is 103 Å². The van der Waals surface area contributed by atoms with Crippen LogP contribution in [0.5, 0.6) is 0 Å². The average molecular weight is 521 g/mol. The molecule has 2 aromatic heterocycles. The Bertz CT molecular complexity index is 1920. The Kier molecular flexibility index (Phi) is 6.31. The minimum absolute atomic E-state index is 0.0669. The maximum absolute atomic E-state index is 4.53. The largest absolute Gasteiger partial charge is 0.355 e. The second-order valence-electron chi connectivity index (χ2n) is 10.6. The van der Waals surface area contributed by atoms with E-state index in [4.69, 9.17) is 0 Å². The van der Waals surface area contributed by atoms with Gasteiger partial charge in [0.05, 0.1) is 0 Å². The third-order valence-electron chi connectivity index (χ3n) is 7.78. The van der Waals surface area contributed by atoms with E-state index in [-0.39, 0.29) is 5.41 Å². The predicted molar refractivity (Wildman–Crippen MR) is 168 cm³/mol. The molecule has 4 nitrogen and oxygen atoms in total. The smallest absolute Gasteiger partial charge is 0.181 e. The van der Waals surface area contributed by atoms with E-state index >= 15 is 0 Å². The first kappa shape index (κ1) is 25.3. The van der Waals surface area contributed by atoms with Gasteiger partial charge in [0, 0.05) is 45.4 Å². The average Bonchev–Trinajstić information content (AvgIpc) is 3.62. The van der Waals surface area contributed by atoms with Gasteiger partial charge in [-0.3, -0.25) is 0 Å². The van der Waals surface area contributed by atoms with Crippen molar-refractivity contribution < 1.29 is 0 Å². The number of aromatic nitrogens is 4. The lowest BCUT2D eigenvalue weighted by Gasteiger charge is -2.21. The Hall–Kier alpha value is -4.96. The molecule has 6 aromatic rings. The molecule has 0 saturated heterocycles. The number of benzene rings is 4. The van der Waals surface area contributed by atoms with Crippen LogP contribution < -0.4 is 0 Å². The maximum Gasteiger partial charge on any atom is 0.181 e. The van der Waals surface area contributed by atoms with Gasteiger partial charge in [-0.25, -0.2) is 9.67 Å². The zero-order valence-electron chi connectivity index (χ0n) is 23.1. The summed E-state index contributed by atoms with van der Waals surface area (Å²) in [4.78, 5) is 8.11. The van der Waals surface area contributed by atoms with E-state index in [0.717, 1.165) is 17.0 Å². The van der Waals surface area contributed by atoms with Gasteiger partial charge in [0.1, 0.15) is 0 Å². The van der Waals surface area contributed by atoms with Crippen LogP contribution >= 0.6 is 0 Å². The second kappa shape index (κ2) is 9.97. The summed E-state index contributed by atoms with van der Waals surface area (Å²) in [6.45, 7) is 12.1. The Labute approximate surface area is 235 Å². The Morgan fingerprint density at radius 2 is 1.52 bits per heavy atom. The normalized spacial score (nSPS) is 13.4. The van der Waals surface area contributed by atoms with E-state index in [0.29, 0.717) is 5.82 Å². The molecule has 0 unspecified atom stereocenters. The third kappa shape index (κ3) is 4.18. The van der Waals surface area contributed by atoms with Crippen LogP contribution in [0.4, 0.5) is 0 Å². The molecular formula is C36H32N4. The molecule has 4 aromatic carbocycles. The maximum atomic E-state index is 4.53. The first-order valence-corrected chi connectivity index (χ1v) is 13.5. The Morgan fingerprint density at radius 1 is 0.800 bits per heavy atom. The number of hydrogen-bond acceptors (Lipinski definition) is 2. The molecule has 0 radical (unpaired) electrons. The quantitative estimate of drug-likeness (QED) is 0.236. The number of aromatic amines is 1. The van der Waals surface area contributed by atoms with Gasteiger partial charge in [-0.1, -0.05) is 118 Å². The fourth-order valence-corrected chi connectivity index (χ4v) is 5.75. The van der Waals surface area contributed by atoms with Crippen molar-refractivity contribution >= 4 is 27.4 Å². The highest BCUT2D eigenvalue weighted by Gasteiger charge is 2.35.